The Morgan fingerprint density at radius 2 is 2.09 bits per heavy atom. The molecule has 0 radical (unpaired) electrons. The second-order valence-electron chi connectivity index (χ2n) is 2.33. The SMILES string of the molecule is N[S+]1NC=Cc2ccccc21. The number of nitrogens with two attached hydrogens (primary N) is 1. The van der Waals surface area contributed by atoms with E-state index in [1.807, 2.05) is 24.4 Å². The molecule has 2 rings (SSSR count). The van der Waals surface area contributed by atoms with Gasteiger partial charge >= 0.3 is 0 Å². The van der Waals surface area contributed by atoms with Crippen LogP contribution in [0, 0.1) is 0 Å². The van der Waals surface area contributed by atoms with Crippen molar-refractivity contribution in [3.8, 4) is 0 Å². The monoisotopic (exact) mass is 165 g/mol. The van der Waals surface area contributed by atoms with E-state index < -0.39 is 0 Å². The first-order valence-corrected chi connectivity index (χ1v) is 4.67. The molecule has 1 heterocycles. The zero-order valence-corrected chi connectivity index (χ0v) is 6.77. The Morgan fingerprint density at radius 3 is 2.91 bits per heavy atom. The Hall–Kier alpha value is -0.930. The van der Waals surface area contributed by atoms with Crippen LogP contribution in [0.15, 0.2) is 35.4 Å². The molecule has 56 valence electrons. The first-order valence-electron chi connectivity index (χ1n) is 3.38. The summed E-state index contributed by atoms with van der Waals surface area (Å²) in [6.07, 6.45) is 3.93. The normalized spacial score (nSPS) is 20.6. The minimum absolute atomic E-state index is 0.302. The Kier molecular flexibility index (Phi) is 1.60. The van der Waals surface area contributed by atoms with E-state index in [0.29, 0.717) is 0 Å². The third-order valence-electron chi connectivity index (χ3n) is 1.61. The molecule has 0 saturated carbocycles. The van der Waals surface area contributed by atoms with Gasteiger partial charge in [0.1, 0.15) is 0 Å². The summed E-state index contributed by atoms with van der Waals surface area (Å²) in [5.74, 6) is 0. The highest BCUT2D eigenvalue weighted by Gasteiger charge is 2.21. The number of rotatable bonds is 0. The van der Waals surface area contributed by atoms with Crippen LogP contribution in [0.2, 0.25) is 0 Å². The van der Waals surface area contributed by atoms with E-state index >= 15 is 0 Å². The third-order valence-corrected chi connectivity index (χ3v) is 2.85. The highest BCUT2D eigenvalue weighted by molar-refractivity contribution is 7.93. The molecule has 1 aromatic rings. The molecular weight excluding hydrogens is 156 g/mol. The molecule has 1 atom stereocenters. The quantitative estimate of drug-likeness (QED) is 0.563. The fourth-order valence-electron chi connectivity index (χ4n) is 1.08. The predicted molar refractivity (Wildman–Crippen MR) is 48.4 cm³/mol. The Morgan fingerprint density at radius 1 is 1.27 bits per heavy atom. The number of benzene rings is 1. The maximum atomic E-state index is 5.81. The highest BCUT2D eigenvalue weighted by atomic mass is 32.2. The molecule has 2 nitrogen and oxygen atoms in total. The average Bonchev–Trinajstić information content (AvgIpc) is 2.06. The molecule has 0 amide bonds. The molecule has 11 heavy (non-hydrogen) atoms. The van der Waals surface area contributed by atoms with Crippen molar-refractivity contribution in [2.75, 3.05) is 0 Å². The minimum Gasteiger partial charge on any atom is -0.192 e. The van der Waals surface area contributed by atoms with E-state index in [9.17, 15) is 0 Å². The first-order chi connectivity index (χ1) is 5.38. The summed E-state index contributed by atoms with van der Waals surface area (Å²) in [4.78, 5) is 1.19. The number of fused-ring (bicyclic) bond motifs is 1. The molecule has 0 saturated heterocycles. The first kappa shape index (κ1) is 6.76. The Labute approximate surface area is 68.7 Å². The van der Waals surface area contributed by atoms with Crippen LogP contribution in [0.1, 0.15) is 5.56 Å². The fourth-order valence-corrected chi connectivity index (χ4v) is 2.04. The smallest absolute Gasteiger partial charge is 0.192 e. The molecule has 1 aromatic carbocycles. The van der Waals surface area contributed by atoms with Crippen LogP contribution in [-0.2, 0) is 11.3 Å². The van der Waals surface area contributed by atoms with Crippen LogP contribution in [0.4, 0.5) is 0 Å². The molecule has 0 fully saturated rings. The summed E-state index contributed by atoms with van der Waals surface area (Å²) in [5.41, 5.74) is 1.22. The van der Waals surface area contributed by atoms with Crippen LogP contribution < -0.4 is 9.86 Å². The summed E-state index contributed by atoms with van der Waals surface area (Å²) in [7, 11) is 0. The minimum atomic E-state index is -0.302. The standard InChI is InChI=1S/C8H8N2S/c9-11-8-4-2-1-3-7(8)5-6-10-11/h1-6H,(H2,9,10)/p+1. The third kappa shape index (κ3) is 1.13. The molecule has 1 aliphatic heterocycles. The maximum absolute atomic E-state index is 5.81. The number of hydrogen-bond donors (Lipinski definition) is 2. The molecule has 3 heteroatoms. The molecule has 0 aliphatic carbocycles. The predicted octanol–water partition coefficient (Wildman–Crippen LogP) is 1.03. The van der Waals surface area contributed by atoms with Crippen LogP contribution in [0.25, 0.3) is 6.08 Å². The van der Waals surface area contributed by atoms with Gasteiger partial charge in [-0.2, -0.15) is 4.72 Å². The lowest BCUT2D eigenvalue weighted by molar-refractivity contribution is 1.27. The van der Waals surface area contributed by atoms with Crippen molar-refractivity contribution >= 4 is 17.3 Å². The van der Waals surface area contributed by atoms with Gasteiger partial charge in [0, 0.05) is 11.8 Å². The Balaban J connectivity index is 2.54. The van der Waals surface area contributed by atoms with Gasteiger partial charge in [0.2, 0.25) is 16.2 Å². The van der Waals surface area contributed by atoms with E-state index in [2.05, 4.69) is 16.9 Å². The van der Waals surface area contributed by atoms with Crippen LogP contribution in [0.5, 0.6) is 0 Å². The van der Waals surface area contributed by atoms with Gasteiger partial charge < -0.3 is 0 Å². The van der Waals surface area contributed by atoms with E-state index in [4.69, 9.17) is 5.14 Å². The van der Waals surface area contributed by atoms with Gasteiger partial charge in [0.25, 0.3) is 0 Å². The lowest BCUT2D eigenvalue weighted by Gasteiger charge is -2.06. The molecular formula is C8H9N2S+. The summed E-state index contributed by atoms with van der Waals surface area (Å²) in [5, 5.41) is 5.81. The maximum Gasteiger partial charge on any atom is 0.227 e. The van der Waals surface area contributed by atoms with Crippen molar-refractivity contribution < 1.29 is 0 Å². The fraction of sp³-hybridized carbons (Fsp3) is 0. The van der Waals surface area contributed by atoms with Gasteiger partial charge in [0.15, 0.2) is 0 Å². The van der Waals surface area contributed by atoms with Gasteiger partial charge in [-0.05, 0) is 18.2 Å². The van der Waals surface area contributed by atoms with E-state index in [1.54, 1.807) is 0 Å². The largest absolute Gasteiger partial charge is 0.227 e. The zero-order valence-electron chi connectivity index (χ0n) is 5.95. The van der Waals surface area contributed by atoms with Crippen molar-refractivity contribution in [3.63, 3.8) is 0 Å². The average molecular weight is 165 g/mol. The lowest BCUT2D eigenvalue weighted by Crippen LogP contribution is -2.29. The van der Waals surface area contributed by atoms with Gasteiger partial charge in [-0.3, -0.25) is 0 Å². The van der Waals surface area contributed by atoms with Crippen molar-refractivity contribution in [3.05, 3.63) is 36.0 Å². The Bertz CT molecular complexity index is 296. The van der Waals surface area contributed by atoms with Crippen LogP contribution in [-0.4, -0.2) is 0 Å². The topological polar surface area (TPSA) is 38.0 Å². The van der Waals surface area contributed by atoms with Crippen LogP contribution >= 0.6 is 0 Å². The summed E-state index contributed by atoms with van der Waals surface area (Å²) >= 11 is -0.302. The van der Waals surface area contributed by atoms with Crippen molar-refractivity contribution in [2.24, 2.45) is 5.14 Å². The van der Waals surface area contributed by atoms with E-state index in [0.717, 1.165) is 0 Å². The molecule has 0 bridgehead atoms. The molecule has 0 spiro atoms. The molecule has 3 N–H and O–H groups in total. The summed E-state index contributed by atoms with van der Waals surface area (Å²) in [6, 6.07) is 8.15. The summed E-state index contributed by atoms with van der Waals surface area (Å²) in [6.45, 7) is 0. The molecule has 1 aliphatic rings. The van der Waals surface area contributed by atoms with Crippen molar-refractivity contribution in [1.29, 1.82) is 0 Å². The van der Waals surface area contributed by atoms with E-state index in [1.165, 1.54) is 10.5 Å². The van der Waals surface area contributed by atoms with Gasteiger partial charge in [-0.1, -0.05) is 12.1 Å². The van der Waals surface area contributed by atoms with Crippen molar-refractivity contribution in [2.45, 2.75) is 4.90 Å². The lowest BCUT2D eigenvalue weighted by atomic mass is 10.2. The van der Waals surface area contributed by atoms with Crippen molar-refractivity contribution in [1.82, 2.24) is 4.72 Å². The summed E-state index contributed by atoms with van der Waals surface area (Å²) < 4.78 is 3.06. The molecule has 0 aromatic heterocycles. The van der Waals surface area contributed by atoms with Gasteiger partial charge in [-0.15, -0.1) is 5.14 Å². The van der Waals surface area contributed by atoms with E-state index in [-0.39, 0.29) is 11.3 Å². The second-order valence-corrected chi connectivity index (χ2v) is 3.68. The highest BCUT2D eigenvalue weighted by Crippen LogP contribution is 2.18. The number of hydrogen-bond acceptors (Lipinski definition) is 2. The zero-order chi connectivity index (χ0) is 7.68. The molecule has 1 unspecified atom stereocenters. The number of nitrogens with one attached hydrogen (secondary N) is 1. The second kappa shape index (κ2) is 2.60. The van der Waals surface area contributed by atoms with Crippen LogP contribution in [0.3, 0.4) is 0 Å². The van der Waals surface area contributed by atoms with Gasteiger partial charge in [-0.25, -0.2) is 0 Å². The van der Waals surface area contributed by atoms with Gasteiger partial charge in [0.05, 0.1) is 0 Å².